The van der Waals surface area contributed by atoms with Gasteiger partial charge in [0.25, 0.3) is 5.91 Å². The second kappa shape index (κ2) is 4.92. The van der Waals surface area contributed by atoms with Crippen molar-refractivity contribution < 1.29 is 4.79 Å². The molecule has 0 atom stereocenters. The van der Waals surface area contributed by atoms with E-state index in [1.54, 1.807) is 6.20 Å². The summed E-state index contributed by atoms with van der Waals surface area (Å²) < 4.78 is 0. The molecule has 1 aromatic rings. The van der Waals surface area contributed by atoms with Crippen LogP contribution < -0.4 is 10.6 Å². The number of carbonyl (C=O) groups is 1. The van der Waals surface area contributed by atoms with Gasteiger partial charge in [-0.25, -0.2) is 0 Å². The van der Waals surface area contributed by atoms with E-state index in [0.29, 0.717) is 0 Å². The standard InChI is InChI=1S/C13H21N3O/c1-10-11(3-6-15-10)12(17)16-9-13(2)4-7-14-8-5-13/h3,6,14-15H,4-5,7-9H2,1-2H3,(H,16,17). The van der Waals surface area contributed by atoms with Crippen molar-refractivity contribution in [3.63, 3.8) is 0 Å². The molecule has 17 heavy (non-hydrogen) atoms. The topological polar surface area (TPSA) is 56.9 Å². The van der Waals surface area contributed by atoms with Gasteiger partial charge in [0.2, 0.25) is 0 Å². The van der Waals surface area contributed by atoms with Crippen molar-refractivity contribution in [3.8, 4) is 0 Å². The molecule has 1 aliphatic heterocycles. The first kappa shape index (κ1) is 12.2. The number of hydrogen-bond donors (Lipinski definition) is 3. The fourth-order valence-electron chi connectivity index (χ4n) is 2.29. The van der Waals surface area contributed by atoms with Gasteiger partial charge in [0, 0.05) is 18.4 Å². The molecule has 0 aliphatic carbocycles. The average Bonchev–Trinajstić information content (AvgIpc) is 2.74. The summed E-state index contributed by atoms with van der Waals surface area (Å²) in [6.07, 6.45) is 4.05. The molecule has 1 aliphatic rings. The number of aromatic amines is 1. The van der Waals surface area contributed by atoms with Crippen molar-refractivity contribution in [2.45, 2.75) is 26.7 Å². The van der Waals surface area contributed by atoms with Gasteiger partial charge in [-0.3, -0.25) is 4.79 Å². The molecule has 0 radical (unpaired) electrons. The summed E-state index contributed by atoms with van der Waals surface area (Å²) in [6, 6.07) is 1.83. The summed E-state index contributed by atoms with van der Waals surface area (Å²) in [5.74, 6) is 0.0310. The number of hydrogen-bond acceptors (Lipinski definition) is 2. The third-order valence-electron chi connectivity index (χ3n) is 3.68. The maximum absolute atomic E-state index is 12.0. The number of aromatic nitrogens is 1. The Morgan fingerprint density at radius 2 is 2.18 bits per heavy atom. The normalized spacial score (nSPS) is 18.9. The lowest BCUT2D eigenvalue weighted by molar-refractivity contribution is 0.0922. The molecule has 0 bridgehead atoms. The van der Waals surface area contributed by atoms with Crippen LogP contribution in [0.25, 0.3) is 0 Å². The van der Waals surface area contributed by atoms with Gasteiger partial charge in [-0.05, 0) is 44.3 Å². The zero-order valence-corrected chi connectivity index (χ0v) is 10.6. The molecule has 0 unspecified atom stereocenters. The van der Waals surface area contributed by atoms with Gasteiger partial charge in [-0.2, -0.15) is 0 Å². The molecule has 0 aromatic carbocycles. The lowest BCUT2D eigenvalue weighted by Gasteiger charge is -2.34. The van der Waals surface area contributed by atoms with Crippen LogP contribution in [0.1, 0.15) is 35.8 Å². The zero-order chi connectivity index (χ0) is 12.3. The fourth-order valence-corrected chi connectivity index (χ4v) is 2.29. The SMILES string of the molecule is Cc1[nH]ccc1C(=O)NCC1(C)CCNCC1. The highest BCUT2D eigenvalue weighted by atomic mass is 16.1. The molecule has 94 valence electrons. The Labute approximate surface area is 102 Å². The van der Waals surface area contributed by atoms with Gasteiger partial charge >= 0.3 is 0 Å². The monoisotopic (exact) mass is 235 g/mol. The minimum absolute atomic E-state index is 0.0310. The second-order valence-corrected chi connectivity index (χ2v) is 5.26. The molecule has 1 fully saturated rings. The Morgan fingerprint density at radius 1 is 1.47 bits per heavy atom. The first-order valence-corrected chi connectivity index (χ1v) is 6.24. The molecule has 3 N–H and O–H groups in total. The van der Waals surface area contributed by atoms with Crippen LogP contribution in [-0.2, 0) is 0 Å². The molecule has 4 heteroatoms. The van der Waals surface area contributed by atoms with Crippen molar-refractivity contribution in [2.75, 3.05) is 19.6 Å². The number of rotatable bonds is 3. The van der Waals surface area contributed by atoms with Gasteiger partial charge < -0.3 is 15.6 Å². The van der Waals surface area contributed by atoms with Gasteiger partial charge in [-0.15, -0.1) is 0 Å². The van der Waals surface area contributed by atoms with E-state index in [9.17, 15) is 4.79 Å². The van der Waals surface area contributed by atoms with Gasteiger partial charge in [0.1, 0.15) is 0 Å². The third-order valence-corrected chi connectivity index (χ3v) is 3.68. The first-order chi connectivity index (χ1) is 8.11. The van der Waals surface area contributed by atoms with Crippen LogP contribution in [0.2, 0.25) is 0 Å². The van der Waals surface area contributed by atoms with Crippen LogP contribution in [-0.4, -0.2) is 30.5 Å². The third kappa shape index (κ3) is 2.88. The Bertz CT molecular complexity index is 391. The van der Waals surface area contributed by atoms with Crippen molar-refractivity contribution in [2.24, 2.45) is 5.41 Å². The molecule has 2 heterocycles. The van der Waals surface area contributed by atoms with E-state index in [0.717, 1.165) is 43.7 Å². The quantitative estimate of drug-likeness (QED) is 0.742. The van der Waals surface area contributed by atoms with Crippen LogP contribution in [0.4, 0.5) is 0 Å². The minimum Gasteiger partial charge on any atom is -0.365 e. The lowest BCUT2D eigenvalue weighted by Crippen LogP contribution is -2.42. The van der Waals surface area contributed by atoms with Gasteiger partial charge in [0.15, 0.2) is 0 Å². The van der Waals surface area contributed by atoms with E-state index in [1.807, 2.05) is 13.0 Å². The van der Waals surface area contributed by atoms with E-state index in [1.165, 1.54) is 0 Å². The van der Waals surface area contributed by atoms with Crippen molar-refractivity contribution in [1.29, 1.82) is 0 Å². The molecular formula is C13H21N3O. The summed E-state index contributed by atoms with van der Waals surface area (Å²) in [7, 11) is 0. The van der Waals surface area contributed by atoms with Crippen LogP contribution in [0.15, 0.2) is 12.3 Å². The highest BCUT2D eigenvalue weighted by Crippen LogP contribution is 2.26. The summed E-state index contributed by atoms with van der Waals surface area (Å²) in [4.78, 5) is 15.0. The predicted molar refractivity (Wildman–Crippen MR) is 68.1 cm³/mol. The molecule has 0 saturated carbocycles. The van der Waals surface area contributed by atoms with Gasteiger partial charge in [0.05, 0.1) is 5.56 Å². The molecule has 1 saturated heterocycles. The van der Waals surface area contributed by atoms with E-state index < -0.39 is 0 Å². The number of amides is 1. The van der Waals surface area contributed by atoms with Gasteiger partial charge in [-0.1, -0.05) is 6.92 Å². The van der Waals surface area contributed by atoms with E-state index in [-0.39, 0.29) is 11.3 Å². The summed E-state index contributed by atoms with van der Waals surface area (Å²) in [6.45, 7) is 7.03. The number of aryl methyl sites for hydroxylation is 1. The summed E-state index contributed by atoms with van der Waals surface area (Å²) in [5, 5.41) is 6.40. The molecule has 4 nitrogen and oxygen atoms in total. The number of piperidine rings is 1. The van der Waals surface area contributed by atoms with Crippen LogP contribution in [0.5, 0.6) is 0 Å². The Hall–Kier alpha value is -1.29. The number of nitrogens with one attached hydrogen (secondary N) is 3. The first-order valence-electron chi connectivity index (χ1n) is 6.24. The van der Waals surface area contributed by atoms with Crippen molar-refractivity contribution in [3.05, 3.63) is 23.5 Å². The van der Waals surface area contributed by atoms with E-state index >= 15 is 0 Å². The summed E-state index contributed by atoms with van der Waals surface area (Å²) in [5.41, 5.74) is 1.92. The number of carbonyl (C=O) groups excluding carboxylic acids is 1. The molecule has 1 amide bonds. The highest BCUT2D eigenvalue weighted by molar-refractivity contribution is 5.95. The Balaban J connectivity index is 1.90. The molecule has 1 aromatic heterocycles. The lowest BCUT2D eigenvalue weighted by atomic mass is 9.81. The molecule has 0 spiro atoms. The van der Waals surface area contributed by atoms with Crippen LogP contribution in [0, 0.1) is 12.3 Å². The Morgan fingerprint density at radius 3 is 2.76 bits per heavy atom. The Kier molecular flexibility index (Phi) is 3.52. The van der Waals surface area contributed by atoms with Crippen molar-refractivity contribution >= 4 is 5.91 Å². The summed E-state index contributed by atoms with van der Waals surface area (Å²) >= 11 is 0. The molecular weight excluding hydrogens is 214 g/mol. The van der Waals surface area contributed by atoms with E-state index in [2.05, 4.69) is 22.5 Å². The molecule has 2 rings (SSSR count). The van der Waals surface area contributed by atoms with E-state index in [4.69, 9.17) is 0 Å². The van der Waals surface area contributed by atoms with Crippen molar-refractivity contribution in [1.82, 2.24) is 15.6 Å². The van der Waals surface area contributed by atoms with Crippen LogP contribution >= 0.6 is 0 Å². The fraction of sp³-hybridized carbons (Fsp3) is 0.615. The highest BCUT2D eigenvalue weighted by Gasteiger charge is 2.27. The van der Waals surface area contributed by atoms with Crippen LogP contribution in [0.3, 0.4) is 0 Å². The number of H-pyrrole nitrogens is 1. The minimum atomic E-state index is 0.0310. The zero-order valence-electron chi connectivity index (χ0n) is 10.6. The maximum atomic E-state index is 12.0. The smallest absolute Gasteiger partial charge is 0.253 e. The average molecular weight is 235 g/mol. The second-order valence-electron chi connectivity index (χ2n) is 5.26. The largest absolute Gasteiger partial charge is 0.365 e. The predicted octanol–water partition coefficient (Wildman–Crippen LogP) is 1.44. The maximum Gasteiger partial charge on any atom is 0.253 e.